The minimum atomic E-state index is 0.397. The lowest BCUT2D eigenvalue weighted by Gasteiger charge is -2.29. The summed E-state index contributed by atoms with van der Waals surface area (Å²) >= 11 is 0. The van der Waals surface area contributed by atoms with E-state index in [1.807, 2.05) is 0 Å². The number of fused-ring (bicyclic) bond motifs is 2. The minimum absolute atomic E-state index is 0.397. The van der Waals surface area contributed by atoms with Crippen molar-refractivity contribution < 1.29 is 0 Å². The molecule has 0 amide bonds. The quantitative estimate of drug-likeness (QED) is 0.750. The zero-order valence-electron chi connectivity index (χ0n) is 12.2. The second-order valence-corrected chi connectivity index (χ2v) is 6.56. The Hall–Kier alpha value is -1.83. The zero-order chi connectivity index (χ0) is 13.7. The number of hydrogen-bond acceptors (Lipinski definition) is 1. The second-order valence-electron chi connectivity index (χ2n) is 6.56. The molecule has 2 nitrogen and oxygen atoms in total. The van der Waals surface area contributed by atoms with Gasteiger partial charge in [-0.25, -0.2) is 4.68 Å². The van der Waals surface area contributed by atoms with Crippen LogP contribution in [0.15, 0.2) is 36.0 Å². The topological polar surface area (TPSA) is 17.8 Å². The fourth-order valence-corrected chi connectivity index (χ4v) is 3.74. The summed E-state index contributed by atoms with van der Waals surface area (Å²) in [6, 6.07) is 8.62. The maximum absolute atomic E-state index is 4.63. The van der Waals surface area contributed by atoms with Crippen molar-refractivity contribution >= 4 is 6.08 Å². The molecule has 102 valence electrons. The maximum Gasteiger partial charge on any atom is 0.0700 e. The Morgan fingerprint density at radius 3 is 2.80 bits per heavy atom. The molecule has 4 rings (SSSR count). The lowest BCUT2D eigenvalue weighted by Crippen LogP contribution is -2.21. The summed E-state index contributed by atoms with van der Waals surface area (Å²) in [6.45, 7) is 4.53. The van der Waals surface area contributed by atoms with Gasteiger partial charge in [0.05, 0.1) is 17.6 Å². The third-order valence-electron chi connectivity index (χ3n) is 5.01. The summed E-state index contributed by atoms with van der Waals surface area (Å²) in [5.74, 6) is 0. The van der Waals surface area contributed by atoms with Crippen LogP contribution in [0.3, 0.4) is 0 Å². The third-order valence-corrected chi connectivity index (χ3v) is 5.01. The van der Waals surface area contributed by atoms with E-state index >= 15 is 0 Å². The number of nitrogens with zero attached hydrogens (tertiary/aromatic N) is 2. The molecule has 1 saturated carbocycles. The van der Waals surface area contributed by atoms with Gasteiger partial charge < -0.3 is 0 Å². The molecule has 0 N–H and O–H groups in total. The Balaban J connectivity index is 1.83. The van der Waals surface area contributed by atoms with Gasteiger partial charge in [0.1, 0.15) is 0 Å². The van der Waals surface area contributed by atoms with Gasteiger partial charge in [0, 0.05) is 0 Å². The molecule has 1 atom stereocenters. The van der Waals surface area contributed by atoms with Crippen LogP contribution in [0.25, 0.3) is 11.8 Å². The number of aryl methyl sites for hydroxylation is 1. The summed E-state index contributed by atoms with van der Waals surface area (Å²) < 4.78 is 2.10. The molecule has 1 heterocycles. The monoisotopic (exact) mass is 264 g/mol. The van der Waals surface area contributed by atoms with Crippen LogP contribution < -0.4 is 0 Å². The average Bonchev–Trinajstić information content (AvgIpc) is 2.99. The largest absolute Gasteiger partial charge is 0.233 e. The summed E-state index contributed by atoms with van der Waals surface area (Å²) in [6.07, 6.45) is 9.54. The lowest BCUT2D eigenvalue weighted by molar-refractivity contribution is 0.405. The molecule has 0 bridgehead atoms. The standard InChI is InChI=1S/C18H20N2/c1-13-5-7-16(8-6-13)20-17-10-15-4-3-9-18(15,2)11-14(17)12-19-20/h5-8,10,12H,3-4,9,11H2,1-2H3. The van der Waals surface area contributed by atoms with E-state index < -0.39 is 0 Å². The van der Waals surface area contributed by atoms with Crippen molar-refractivity contribution in [3.63, 3.8) is 0 Å². The van der Waals surface area contributed by atoms with Gasteiger partial charge in [-0.15, -0.1) is 0 Å². The normalized spacial score (nSPS) is 24.2. The second kappa shape index (κ2) is 4.08. The highest BCUT2D eigenvalue weighted by Crippen LogP contribution is 2.49. The molecule has 2 aromatic rings. The molecule has 2 aliphatic rings. The van der Waals surface area contributed by atoms with E-state index in [-0.39, 0.29) is 0 Å². The highest BCUT2D eigenvalue weighted by Gasteiger charge is 2.37. The van der Waals surface area contributed by atoms with E-state index in [9.17, 15) is 0 Å². The summed E-state index contributed by atoms with van der Waals surface area (Å²) in [5, 5.41) is 4.63. The van der Waals surface area contributed by atoms with Gasteiger partial charge >= 0.3 is 0 Å². The van der Waals surface area contributed by atoms with E-state index in [2.05, 4.69) is 60.2 Å². The van der Waals surface area contributed by atoms with Gasteiger partial charge in [-0.05, 0) is 61.8 Å². The summed E-state index contributed by atoms with van der Waals surface area (Å²) in [7, 11) is 0. The molecule has 0 radical (unpaired) electrons. The third kappa shape index (κ3) is 1.67. The summed E-state index contributed by atoms with van der Waals surface area (Å²) in [4.78, 5) is 0. The number of hydrogen-bond donors (Lipinski definition) is 0. The van der Waals surface area contributed by atoms with Crippen molar-refractivity contribution in [2.45, 2.75) is 39.5 Å². The molecule has 1 fully saturated rings. The molecule has 1 unspecified atom stereocenters. The van der Waals surface area contributed by atoms with Crippen molar-refractivity contribution in [1.29, 1.82) is 0 Å². The molecule has 1 aromatic carbocycles. The van der Waals surface area contributed by atoms with Gasteiger partial charge in [-0.3, -0.25) is 0 Å². The van der Waals surface area contributed by atoms with Crippen LogP contribution in [0.2, 0.25) is 0 Å². The van der Waals surface area contributed by atoms with Gasteiger partial charge in [-0.1, -0.05) is 30.2 Å². The Kier molecular flexibility index (Phi) is 2.44. The fourth-order valence-electron chi connectivity index (χ4n) is 3.74. The van der Waals surface area contributed by atoms with Crippen molar-refractivity contribution in [3.8, 4) is 5.69 Å². The van der Waals surface area contributed by atoms with Gasteiger partial charge in [0.2, 0.25) is 0 Å². The SMILES string of the molecule is Cc1ccc(-n2ncc3c2C=C2CCCC2(C)C3)cc1. The Bertz CT molecular complexity index is 691. The van der Waals surface area contributed by atoms with Crippen LogP contribution >= 0.6 is 0 Å². The van der Waals surface area contributed by atoms with Crippen LogP contribution in [0.1, 0.15) is 43.0 Å². The number of allylic oxidation sites excluding steroid dienone is 1. The predicted molar refractivity (Wildman–Crippen MR) is 81.9 cm³/mol. The Labute approximate surface area is 120 Å². The first-order valence-electron chi connectivity index (χ1n) is 7.51. The Morgan fingerprint density at radius 2 is 2.00 bits per heavy atom. The zero-order valence-corrected chi connectivity index (χ0v) is 12.2. The molecular formula is C18H20N2. The highest BCUT2D eigenvalue weighted by molar-refractivity contribution is 5.61. The average molecular weight is 264 g/mol. The lowest BCUT2D eigenvalue weighted by atomic mass is 9.75. The van der Waals surface area contributed by atoms with E-state index in [0.717, 1.165) is 12.1 Å². The van der Waals surface area contributed by atoms with Crippen LogP contribution in [0.5, 0.6) is 0 Å². The van der Waals surface area contributed by atoms with E-state index in [4.69, 9.17) is 0 Å². The molecular weight excluding hydrogens is 244 g/mol. The fraction of sp³-hybridized carbons (Fsp3) is 0.389. The molecule has 0 spiro atoms. The van der Waals surface area contributed by atoms with Crippen LogP contribution in [0.4, 0.5) is 0 Å². The molecule has 1 aromatic heterocycles. The molecule has 20 heavy (non-hydrogen) atoms. The number of benzene rings is 1. The van der Waals surface area contributed by atoms with E-state index in [0.29, 0.717) is 5.41 Å². The number of rotatable bonds is 1. The van der Waals surface area contributed by atoms with Crippen LogP contribution in [-0.4, -0.2) is 9.78 Å². The van der Waals surface area contributed by atoms with Crippen molar-refractivity contribution in [1.82, 2.24) is 9.78 Å². The first kappa shape index (κ1) is 12.0. The predicted octanol–water partition coefficient (Wildman–Crippen LogP) is 4.31. The first-order chi connectivity index (χ1) is 9.66. The minimum Gasteiger partial charge on any atom is -0.233 e. The highest BCUT2D eigenvalue weighted by atomic mass is 15.3. The number of aromatic nitrogens is 2. The van der Waals surface area contributed by atoms with Crippen molar-refractivity contribution in [3.05, 3.63) is 52.9 Å². The first-order valence-corrected chi connectivity index (χ1v) is 7.51. The van der Waals surface area contributed by atoms with Gasteiger partial charge in [0.25, 0.3) is 0 Å². The van der Waals surface area contributed by atoms with Gasteiger partial charge in [-0.2, -0.15) is 5.10 Å². The van der Waals surface area contributed by atoms with Crippen LogP contribution in [0, 0.1) is 12.3 Å². The molecule has 0 saturated heterocycles. The van der Waals surface area contributed by atoms with Crippen molar-refractivity contribution in [2.24, 2.45) is 5.41 Å². The van der Waals surface area contributed by atoms with Crippen molar-refractivity contribution in [2.75, 3.05) is 0 Å². The van der Waals surface area contributed by atoms with Gasteiger partial charge in [0.15, 0.2) is 0 Å². The summed E-state index contributed by atoms with van der Waals surface area (Å²) in [5.41, 5.74) is 7.17. The van der Waals surface area contributed by atoms with E-state index in [1.54, 1.807) is 5.57 Å². The maximum atomic E-state index is 4.63. The Morgan fingerprint density at radius 1 is 1.20 bits per heavy atom. The molecule has 0 aliphatic heterocycles. The molecule has 2 heteroatoms. The smallest absolute Gasteiger partial charge is 0.0700 e. The molecule has 2 aliphatic carbocycles. The van der Waals surface area contributed by atoms with E-state index in [1.165, 1.54) is 36.1 Å². The van der Waals surface area contributed by atoms with Crippen LogP contribution in [-0.2, 0) is 6.42 Å².